The van der Waals surface area contributed by atoms with E-state index in [1.54, 1.807) is 0 Å². The van der Waals surface area contributed by atoms with Crippen molar-refractivity contribution in [3.63, 3.8) is 0 Å². The lowest BCUT2D eigenvalue weighted by molar-refractivity contribution is -0.0639. The molecule has 2 aliphatic heterocycles. The maximum atomic E-state index is 9.34. The molecule has 0 atom stereocenters. The summed E-state index contributed by atoms with van der Waals surface area (Å²) in [5, 5.41) is 9.34. The van der Waals surface area contributed by atoms with Crippen molar-refractivity contribution in [1.29, 1.82) is 0 Å². The van der Waals surface area contributed by atoms with E-state index < -0.39 is 0 Å². The lowest BCUT2D eigenvalue weighted by Crippen LogP contribution is -2.55. The maximum Gasteiger partial charge on any atom is 0.0823 e. The van der Waals surface area contributed by atoms with E-state index in [1.165, 1.54) is 0 Å². The summed E-state index contributed by atoms with van der Waals surface area (Å²) in [5.41, 5.74) is 0.164. The molecule has 2 saturated heterocycles. The highest BCUT2D eigenvalue weighted by Crippen LogP contribution is 2.57. The average Bonchev–Trinajstić information content (AvgIpc) is 2.68. The van der Waals surface area contributed by atoms with Crippen LogP contribution < -0.4 is 0 Å². The zero-order valence-electron chi connectivity index (χ0n) is 11.0. The van der Waals surface area contributed by atoms with Crippen molar-refractivity contribution < 1.29 is 9.84 Å². The SMILES string of the molecule is CC(C)N(CC12CC(CO)(CO1)C2)C(C)C. The minimum atomic E-state index is 0.0528. The van der Waals surface area contributed by atoms with Gasteiger partial charge >= 0.3 is 0 Å². The summed E-state index contributed by atoms with van der Waals surface area (Å²) in [6.07, 6.45) is 2.10. The molecule has 2 heterocycles. The third-order valence-corrected chi connectivity index (χ3v) is 4.21. The van der Waals surface area contributed by atoms with Gasteiger partial charge in [0.15, 0.2) is 0 Å². The summed E-state index contributed by atoms with van der Waals surface area (Å²) in [6.45, 7) is 11.0. The Hall–Kier alpha value is -0.120. The van der Waals surface area contributed by atoms with Gasteiger partial charge in [0, 0.05) is 24.0 Å². The molecule has 0 aromatic heterocycles. The largest absolute Gasteiger partial charge is 0.396 e. The average molecular weight is 227 g/mol. The van der Waals surface area contributed by atoms with Crippen LogP contribution in [-0.2, 0) is 4.74 Å². The molecular formula is C13H25NO2. The van der Waals surface area contributed by atoms with Crippen molar-refractivity contribution >= 4 is 0 Å². The molecule has 3 aliphatic rings. The van der Waals surface area contributed by atoms with Gasteiger partial charge in [-0.25, -0.2) is 0 Å². The van der Waals surface area contributed by atoms with E-state index in [-0.39, 0.29) is 17.6 Å². The van der Waals surface area contributed by atoms with Crippen molar-refractivity contribution in [2.24, 2.45) is 5.41 Å². The predicted molar refractivity (Wildman–Crippen MR) is 64.4 cm³/mol. The summed E-state index contributed by atoms with van der Waals surface area (Å²) in [5.74, 6) is 0. The number of rotatable bonds is 5. The lowest BCUT2D eigenvalue weighted by atomic mass is 9.62. The number of hydrogen-bond donors (Lipinski definition) is 1. The van der Waals surface area contributed by atoms with Crippen LogP contribution >= 0.6 is 0 Å². The third kappa shape index (κ3) is 1.89. The molecule has 1 saturated carbocycles. The highest BCUT2D eigenvalue weighted by atomic mass is 16.5. The van der Waals surface area contributed by atoms with E-state index in [2.05, 4.69) is 32.6 Å². The molecular weight excluding hydrogens is 202 g/mol. The number of nitrogens with zero attached hydrogens (tertiary/aromatic N) is 1. The van der Waals surface area contributed by atoms with Crippen molar-refractivity contribution in [2.45, 2.75) is 58.2 Å². The first-order valence-electron chi connectivity index (χ1n) is 6.43. The van der Waals surface area contributed by atoms with E-state index >= 15 is 0 Å². The second-order valence-corrected chi connectivity index (χ2v) is 6.34. The molecule has 0 amide bonds. The molecule has 1 aliphatic carbocycles. The predicted octanol–water partition coefficient (Wildman–Crippen LogP) is 1.65. The van der Waals surface area contributed by atoms with Gasteiger partial charge in [-0.1, -0.05) is 0 Å². The van der Waals surface area contributed by atoms with Crippen molar-refractivity contribution in [2.75, 3.05) is 19.8 Å². The first-order chi connectivity index (χ1) is 7.42. The number of fused-ring (bicyclic) bond motifs is 1. The Kier molecular flexibility index (Phi) is 3.06. The van der Waals surface area contributed by atoms with Gasteiger partial charge in [-0.15, -0.1) is 0 Å². The molecule has 3 fully saturated rings. The first kappa shape index (κ1) is 12.3. The Morgan fingerprint density at radius 3 is 2.12 bits per heavy atom. The Bertz CT molecular complexity index is 249. The van der Waals surface area contributed by atoms with Crippen LogP contribution in [0.5, 0.6) is 0 Å². The summed E-state index contributed by atoms with van der Waals surface area (Å²) in [4.78, 5) is 2.49. The van der Waals surface area contributed by atoms with E-state index in [1.807, 2.05) is 0 Å². The molecule has 16 heavy (non-hydrogen) atoms. The molecule has 3 heteroatoms. The molecule has 3 rings (SSSR count). The van der Waals surface area contributed by atoms with Gasteiger partial charge in [-0.2, -0.15) is 0 Å². The minimum absolute atomic E-state index is 0.0528. The molecule has 0 unspecified atom stereocenters. The molecule has 3 nitrogen and oxygen atoms in total. The Balaban J connectivity index is 1.96. The molecule has 0 aromatic carbocycles. The maximum absolute atomic E-state index is 9.34. The normalized spacial score (nSPS) is 37.5. The molecule has 1 N–H and O–H groups in total. The highest BCUT2D eigenvalue weighted by Gasteiger charge is 2.62. The zero-order chi connectivity index (χ0) is 12.0. The van der Waals surface area contributed by atoms with E-state index in [0.29, 0.717) is 12.1 Å². The van der Waals surface area contributed by atoms with E-state index in [0.717, 1.165) is 26.0 Å². The molecule has 0 aromatic rings. The fourth-order valence-electron chi connectivity index (χ4n) is 3.43. The van der Waals surface area contributed by atoms with Gasteiger partial charge in [0.25, 0.3) is 0 Å². The van der Waals surface area contributed by atoms with Crippen LogP contribution in [-0.4, -0.2) is 47.4 Å². The van der Waals surface area contributed by atoms with Crippen LogP contribution in [0.15, 0.2) is 0 Å². The summed E-state index contributed by atoms with van der Waals surface area (Å²) in [7, 11) is 0. The molecule has 94 valence electrons. The molecule has 0 spiro atoms. The van der Waals surface area contributed by atoms with Crippen LogP contribution in [0, 0.1) is 5.41 Å². The second-order valence-electron chi connectivity index (χ2n) is 6.34. The first-order valence-corrected chi connectivity index (χ1v) is 6.43. The van der Waals surface area contributed by atoms with Gasteiger partial charge in [0.2, 0.25) is 0 Å². The van der Waals surface area contributed by atoms with Crippen molar-refractivity contribution in [1.82, 2.24) is 4.90 Å². The molecule has 0 radical (unpaired) electrons. The number of aliphatic hydroxyl groups excluding tert-OH is 1. The van der Waals surface area contributed by atoms with Gasteiger partial charge < -0.3 is 9.84 Å². The smallest absolute Gasteiger partial charge is 0.0823 e. The second kappa shape index (κ2) is 3.97. The zero-order valence-corrected chi connectivity index (χ0v) is 11.0. The Morgan fingerprint density at radius 2 is 1.75 bits per heavy atom. The fraction of sp³-hybridized carbons (Fsp3) is 1.00. The number of hydrogen-bond acceptors (Lipinski definition) is 3. The summed E-state index contributed by atoms with van der Waals surface area (Å²) in [6, 6.07) is 1.12. The van der Waals surface area contributed by atoms with Crippen LogP contribution in [0.4, 0.5) is 0 Å². The van der Waals surface area contributed by atoms with Gasteiger partial charge in [0.05, 0.1) is 18.8 Å². The van der Waals surface area contributed by atoms with Crippen LogP contribution in [0.3, 0.4) is 0 Å². The van der Waals surface area contributed by atoms with Gasteiger partial charge in [-0.3, -0.25) is 4.90 Å². The quantitative estimate of drug-likeness (QED) is 0.775. The van der Waals surface area contributed by atoms with E-state index in [4.69, 9.17) is 4.74 Å². The molecule has 2 bridgehead atoms. The number of aliphatic hydroxyl groups is 1. The standard InChI is InChI=1S/C13H25NO2/c1-10(2)14(11(3)4)7-13-5-12(6-13,8-15)9-16-13/h10-11,15H,5-9H2,1-4H3. The lowest BCUT2D eigenvalue weighted by Gasteiger charge is -2.47. The topological polar surface area (TPSA) is 32.7 Å². The summed E-state index contributed by atoms with van der Waals surface area (Å²) < 4.78 is 5.94. The summed E-state index contributed by atoms with van der Waals surface area (Å²) >= 11 is 0. The van der Waals surface area contributed by atoms with Crippen LogP contribution in [0.1, 0.15) is 40.5 Å². The highest BCUT2D eigenvalue weighted by molar-refractivity contribution is 5.12. The third-order valence-electron chi connectivity index (χ3n) is 4.21. The minimum Gasteiger partial charge on any atom is -0.396 e. The van der Waals surface area contributed by atoms with Crippen molar-refractivity contribution in [3.8, 4) is 0 Å². The monoisotopic (exact) mass is 227 g/mol. The number of ether oxygens (including phenoxy) is 1. The van der Waals surface area contributed by atoms with Gasteiger partial charge in [0.1, 0.15) is 0 Å². The Morgan fingerprint density at radius 1 is 1.19 bits per heavy atom. The van der Waals surface area contributed by atoms with Gasteiger partial charge in [-0.05, 0) is 40.5 Å². The van der Waals surface area contributed by atoms with Crippen LogP contribution in [0.25, 0.3) is 0 Å². The van der Waals surface area contributed by atoms with Crippen LogP contribution in [0.2, 0.25) is 0 Å². The van der Waals surface area contributed by atoms with E-state index in [9.17, 15) is 5.11 Å². The van der Waals surface area contributed by atoms with Crippen molar-refractivity contribution in [3.05, 3.63) is 0 Å². The fourth-order valence-corrected chi connectivity index (χ4v) is 3.43. The Labute approximate surface area is 98.8 Å².